The Kier molecular flexibility index (Phi) is 7.26. The number of nitrogens with zero attached hydrogens (tertiary/aromatic N) is 1. The molecule has 9 nitrogen and oxygen atoms in total. The van der Waals surface area contributed by atoms with Crippen LogP contribution < -0.4 is 18.9 Å². The lowest BCUT2D eigenvalue weighted by atomic mass is 9.94. The molecule has 198 valence electrons. The van der Waals surface area contributed by atoms with Crippen molar-refractivity contribution in [3.8, 4) is 23.0 Å². The maximum atomic E-state index is 13.4. The van der Waals surface area contributed by atoms with Gasteiger partial charge >= 0.3 is 0 Å². The Labute approximate surface area is 220 Å². The van der Waals surface area contributed by atoms with Crippen LogP contribution in [0.25, 0.3) is 5.76 Å². The van der Waals surface area contributed by atoms with Gasteiger partial charge in [0.2, 0.25) is 0 Å². The maximum Gasteiger partial charge on any atom is 0.296 e. The Morgan fingerprint density at radius 2 is 1.82 bits per heavy atom. The molecule has 1 aromatic heterocycles. The number of hydrogen-bond acceptors (Lipinski definition) is 8. The highest BCUT2D eigenvalue weighted by molar-refractivity contribution is 6.46. The minimum atomic E-state index is -0.896. The van der Waals surface area contributed by atoms with Gasteiger partial charge in [0.1, 0.15) is 24.7 Å². The zero-order valence-corrected chi connectivity index (χ0v) is 21.3. The normalized spacial score (nSPS) is 18.1. The molecular formula is C29H29NO8. The molecule has 5 rings (SSSR count). The second-order valence-electron chi connectivity index (χ2n) is 8.85. The van der Waals surface area contributed by atoms with Gasteiger partial charge in [-0.1, -0.05) is 13.0 Å². The van der Waals surface area contributed by atoms with E-state index in [1.54, 1.807) is 48.5 Å². The van der Waals surface area contributed by atoms with E-state index in [2.05, 4.69) is 0 Å². The molecule has 3 heterocycles. The summed E-state index contributed by atoms with van der Waals surface area (Å²) in [6.45, 7) is 5.62. The fourth-order valence-electron chi connectivity index (χ4n) is 4.60. The topological polar surface area (TPSA) is 108 Å². The van der Waals surface area contributed by atoms with Gasteiger partial charge in [-0.25, -0.2) is 0 Å². The van der Waals surface area contributed by atoms with Crippen LogP contribution in [0.3, 0.4) is 0 Å². The first-order valence-electron chi connectivity index (χ1n) is 12.6. The third kappa shape index (κ3) is 4.79. The molecule has 1 fully saturated rings. The number of amides is 1. The summed E-state index contributed by atoms with van der Waals surface area (Å²) in [5.41, 5.74) is 0.883. The Hall–Kier alpha value is -4.40. The van der Waals surface area contributed by atoms with Gasteiger partial charge in [-0.3, -0.25) is 9.59 Å². The summed E-state index contributed by atoms with van der Waals surface area (Å²) in [7, 11) is 0. The van der Waals surface area contributed by atoms with Crippen LogP contribution in [0.2, 0.25) is 0 Å². The van der Waals surface area contributed by atoms with Crippen molar-refractivity contribution in [2.75, 3.05) is 26.4 Å². The first-order valence-corrected chi connectivity index (χ1v) is 12.6. The number of aliphatic hydroxyl groups excluding tert-OH is 1. The second kappa shape index (κ2) is 10.9. The molecule has 1 N–H and O–H groups in total. The van der Waals surface area contributed by atoms with E-state index in [1.165, 1.54) is 11.2 Å². The van der Waals surface area contributed by atoms with Gasteiger partial charge in [-0.2, -0.15) is 0 Å². The van der Waals surface area contributed by atoms with E-state index in [9.17, 15) is 14.7 Å². The lowest BCUT2D eigenvalue weighted by molar-refractivity contribution is -0.140. The molecule has 0 spiro atoms. The van der Waals surface area contributed by atoms with Crippen LogP contribution in [0.15, 0.2) is 64.8 Å². The summed E-state index contributed by atoms with van der Waals surface area (Å²) in [5, 5.41) is 11.4. The molecule has 0 unspecified atom stereocenters. The fourth-order valence-corrected chi connectivity index (χ4v) is 4.60. The molecule has 3 aromatic rings. The Morgan fingerprint density at radius 3 is 2.55 bits per heavy atom. The minimum absolute atomic E-state index is 0.0390. The SMILES string of the molecule is CCCOc1ccc([C@@H]2/C(=C(\O)c3ccc4c(c3)OCCO4)C(=O)C(=O)N2Cc2ccco2)cc1OCC. The molecule has 2 aromatic carbocycles. The number of aliphatic hydroxyl groups is 1. The third-order valence-corrected chi connectivity index (χ3v) is 6.31. The number of ketones is 1. The summed E-state index contributed by atoms with van der Waals surface area (Å²) in [6, 6.07) is 12.7. The fraction of sp³-hybridized carbons (Fsp3) is 0.310. The number of hydrogen-bond donors (Lipinski definition) is 1. The van der Waals surface area contributed by atoms with Gasteiger partial charge in [0.15, 0.2) is 23.0 Å². The number of rotatable bonds is 9. The zero-order chi connectivity index (χ0) is 26.6. The first kappa shape index (κ1) is 25.3. The molecule has 1 atom stereocenters. The van der Waals surface area contributed by atoms with Gasteiger partial charge in [0, 0.05) is 5.56 Å². The highest BCUT2D eigenvalue weighted by Crippen LogP contribution is 2.43. The molecular weight excluding hydrogens is 490 g/mol. The van der Waals surface area contributed by atoms with Crippen LogP contribution in [-0.4, -0.2) is 48.1 Å². The first-order chi connectivity index (χ1) is 18.5. The van der Waals surface area contributed by atoms with Crippen LogP contribution >= 0.6 is 0 Å². The minimum Gasteiger partial charge on any atom is -0.507 e. The standard InChI is InChI=1S/C29H29NO8/c1-3-11-36-21-9-7-18(15-23(21)34-4-2)26-25(28(32)29(33)30(26)17-20-6-5-12-35-20)27(31)19-8-10-22-24(16-19)38-14-13-37-22/h5-10,12,15-16,26,31H,3-4,11,13-14,17H2,1-2H3/b27-25+/t26-/m1/s1. The molecule has 2 aliphatic heterocycles. The van der Waals surface area contributed by atoms with Crippen molar-refractivity contribution in [1.82, 2.24) is 4.90 Å². The lowest BCUT2D eigenvalue weighted by Crippen LogP contribution is -2.29. The smallest absolute Gasteiger partial charge is 0.296 e. The van der Waals surface area contributed by atoms with E-state index in [0.717, 1.165) is 6.42 Å². The molecule has 2 aliphatic rings. The monoisotopic (exact) mass is 519 g/mol. The van der Waals surface area contributed by atoms with E-state index in [1.807, 2.05) is 13.8 Å². The van der Waals surface area contributed by atoms with Crippen molar-refractivity contribution < 1.29 is 38.1 Å². The van der Waals surface area contributed by atoms with Crippen molar-refractivity contribution in [2.24, 2.45) is 0 Å². The van der Waals surface area contributed by atoms with E-state index < -0.39 is 17.7 Å². The second-order valence-corrected chi connectivity index (χ2v) is 8.85. The molecule has 0 radical (unpaired) electrons. The average Bonchev–Trinajstić information content (AvgIpc) is 3.54. The number of benzene rings is 2. The van der Waals surface area contributed by atoms with Crippen LogP contribution in [0.5, 0.6) is 23.0 Å². The summed E-state index contributed by atoms with van der Waals surface area (Å²) < 4.78 is 28.4. The Balaban J connectivity index is 1.63. The van der Waals surface area contributed by atoms with Crippen molar-refractivity contribution >= 4 is 17.4 Å². The average molecular weight is 520 g/mol. The maximum absolute atomic E-state index is 13.4. The van der Waals surface area contributed by atoms with Crippen LogP contribution in [0, 0.1) is 0 Å². The van der Waals surface area contributed by atoms with Gasteiger partial charge in [-0.05, 0) is 61.4 Å². The number of furan rings is 1. The van der Waals surface area contributed by atoms with Gasteiger partial charge < -0.3 is 33.4 Å². The van der Waals surface area contributed by atoms with Crippen molar-refractivity contribution in [2.45, 2.75) is 32.9 Å². The molecule has 0 aliphatic carbocycles. The summed E-state index contributed by atoms with van der Waals surface area (Å²) >= 11 is 0. The summed E-state index contributed by atoms with van der Waals surface area (Å²) in [4.78, 5) is 28.1. The van der Waals surface area contributed by atoms with Crippen molar-refractivity contribution in [1.29, 1.82) is 0 Å². The Morgan fingerprint density at radius 1 is 1.00 bits per heavy atom. The zero-order valence-electron chi connectivity index (χ0n) is 21.3. The van der Waals surface area contributed by atoms with E-state index >= 15 is 0 Å². The van der Waals surface area contributed by atoms with Crippen LogP contribution in [0.4, 0.5) is 0 Å². The predicted octanol–water partition coefficient (Wildman–Crippen LogP) is 4.86. The highest BCUT2D eigenvalue weighted by Gasteiger charge is 2.46. The predicted molar refractivity (Wildman–Crippen MR) is 137 cm³/mol. The number of likely N-dealkylation sites (tertiary alicyclic amines) is 1. The molecule has 0 bridgehead atoms. The Bertz CT molecular complexity index is 1360. The van der Waals surface area contributed by atoms with E-state index in [0.29, 0.717) is 66.3 Å². The number of carbonyl (C=O) groups excluding carboxylic acids is 2. The van der Waals surface area contributed by atoms with Crippen molar-refractivity contribution in [3.05, 3.63) is 77.3 Å². The largest absolute Gasteiger partial charge is 0.507 e. The van der Waals surface area contributed by atoms with E-state index in [-0.39, 0.29) is 17.9 Å². The number of ether oxygens (including phenoxy) is 4. The molecule has 38 heavy (non-hydrogen) atoms. The molecule has 0 saturated carbocycles. The quantitative estimate of drug-likeness (QED) is 0.243. The number of Topliss-reactive ketones (excluding diaryl/α,β-unsaturated/α-hetero) is 1. The van der Waals surface area contributed by atoms with Gasteiger partial charge in [0.25, 0.3) is 11.7 Å². The summed E-state index contributed by atoms with van der Waals surface area (Å²) in [5.74, 6) is 0.715. The number of fused-ring (bicyclic) bond motifs is 1. The molecule has 1 amide bonds. The molecule has 1 saturated heterocycles. The van der Waals surface area contributed by atoms with Gasteiger partial charge in [-0.15, -0.1) is 0 Å². The van der Waals surface area contributed by atoms with Crippen LogP contribution in [0.1, 0.15) is 43.2 Å². The van der Waals surface area contributed by atoms with Crippen molar-refractivity contribution in [3.63, 3.8) is 0 Å². The number of carbonyl (C=O) groups is 2. The highest BCUT2D eigenvalue weighted by atomic mass is 16.6. The summed E-state index contributed by atoms with van der Waals surface area (Å²) in [6.07, 6.45) is 2.33. The van der Waals surface area contributed by atoms with Gasteiger partial charge in [0.05, 0.1) is 37.6 Å². The van der Waals surface area contributed by atoms with E-state index in [4.69, 9.17) is 23.4 Å². The lowest BCUT2D eigenvalue weighted by Gasteiger charge is -2.25. The third-order valence-electron chi connectivity index (χ3n) is 6.31. The molecule has 9 heteroatoms. The van der Waals surface area contributed by atoms with Crippen LogP contribution in [-0.2, 0) is 16.1 Å².